The van der Waals surface area contributed by atoms with Crippen molar-refractivity contribution in [3.8, 4) is 0 Å². The zero-order valence-electron chi connectivity index (χ0n) is 16.4. The number of hydrogen-bond acceptors (Lipinski definition) is 10. The number of nitrogens with zero attached hydrogens (tertiary/aromatic N) is 4. The van der Waals surface area contributed by atoms with Crippen LogP contribution in [-0.4, -0.2) is 22.8 Å². The molecule has 0 saturated heterocycles. The van der Waals surface area contributed by atoms with Gasteiger partial charge in [0.15, 0.2) is 0 Å². The largest absolute Gasteiger partial charge is 1.00 e. The van der Waals surface area contributed by atoms with E-state index in [1.807, 2.05) is 0 Å². The van der Waals surface area contributed by atoms with Crippen LogP contribution in [-0.2, 0) is 10.1 Å². The second-order valence-electron chi connectivity index (χ2n) is 6.04. The Bertz CT molecular complexity index is 1280. The van der Waals surface area contributed by atoms with Gasteiger partial charge in [-0.3, -0.25) is 20.2 Å². The quantitative estimate of drug-likeness (QED) is 0.179. The van der Waals surface area contributed by atoms with E-state index in [2.05, 4.69) is 15.5 Å². The number of nitrogens with one attached hydrogen (secondary N) is 1. The van der Waals surface area contributed by atoms with Crippen molar-refractivity contribution in [2.45, 2.75) is 4.90 Å². The first-order valence-electron chi connectivity index (χ1n) is 8.41. The van der Waals surface area contributed by atoms with E-state index < -0.39 is 31.3 Å². The number of hydrogen-bond donors (Lipinski definition) is 1. The van der Waals surface area contributed by atoms with Gasteiger partial charge in [0, 0.05) is 11.8 Å². The van der Waals surface area contributed by atoms with Gasteiger partial charge in [0.1, 0.15) is 15.8 Å². The molecule has 32 heavy (non-hydrogen) atoms. The van der Waals surface area contributed by atoms with E-state index in [1.165, 1.54) is 18.2 Å². The van der Waals surface area contributed by atoms with Crippen molar-refractivity contribution in [2.75, 3.05) is 5.32 Å². The molecular formula is C18H12N5NaO7S. The van der Waals surface area contributed by atoms with Crippen LogP contribution in [0.25, 0.3) is 0 Å². The summed E-state index contributed by atoms with van der Waals surface area (Å²) in [7, 11) is -4.54. The van der Waals surface area contributed by atoms with Crippen LogP contribution in [0.15, 0.2) is 81.9 Å². The molecule has 0 amide bonds. The summed E-state index contributed by atoms with van der Waals surface area (Å²) in [5, 5.41) is 32.7. The molecule has 0 atom stereocenters. The molecule has 0 aliphatic rings. The van der Waals surface area contributed by atoms with Gasteiger partial charge in [0.25, 0.3) is 11.4 Å². The molecule has 0 bridgehead atoms. The van der Waals surface area contributed by atoms with Gasteiger partial charge in [0.2, 0.25) is 0 Å². The average Bonchev–Trinajstić information content (AvgIpc) is 2.73. The minimum atomic E-state index is -4.54. The summed E-state index contributed by atoms with van der Waals surface area (Å²) in [5.41, 5.74) is 0.482. The molecule has 0 radical (unpaired) electrons. The topological polar surface area (TPSA) is 180 Å². The fourth-order valence-corrected chi connectivity index (χ4v) is 2.92. The van der Waals surface area contributed by atoms with E-state index in [0.29, 0.717) is 17.1 Å². The molecule has 0 spiro atoms. The van der Waals surface area contributed by atoms with E-state index >= 15 is 0 Å². The summed E-state index contributed by atoms with van der Waals surface area (Å²) in [6, 6.07) is 14.5. The summed E-state index contributed by atoms with van der Waals surface area (Å²) in [4.78, 5) is 20.2. The maximum atomic E-state index is 11.2. The van der Waals surface area contributed by atoms with Crippen LogP contribution in [0.3, 0.4) is 0 Å². The van der Waals surface area contributed by atoms with Gasteiger partial charge in [-0.1, -0.05) is 0 Å². The smallest absolute Gasteiger partial charge is 0.744 e. The van der Waals surface area contributed by atoms with Crippen LogP contribution in [0, 0.1) is 20.2 Å². The van der Waals surface area contributed by atoms with Gasteiger partial charge >= 0.3 is 29.6 Å². The predicted octanol–water partition coefficient (Wildman–Crippen LogP) is 1.57. The predicted molar refractivity (Wildman–Crippen MR) is 108 cm³/mol. The molecule has 1 N–H and O–H groups in total. The van der Waals surface area contributed by atoms with Crippen molar-refractivity contribution in [1.82, 2.24) is 0 Å². The number of nitro benzene ring substituents is 2. The molecule has 0 aromatic heterocycles. The maximum absolute atomic E-state index is 11.2. The fraction of sp³-hybridized carbons (Fsp3) is 0. The van der Waals surface area contributed by atoms with Crippen LogP contribution < -0.4 is 34.9 Å². The molecular weight excluding hydrogens is 453 g/mol. The minimum absolute atomic E-state index is 0. The van der Waals surface area contributed by atoms with Crippen molar-refractivity contribution < 1.29 is 52.4 Å². The molecule has 3 rings (SSSR count). The fourth-order valence-electron chi connectivity index (χ4n) is 2.45. The number of non-ortho nitro benzene ring substituents is 1. The standard InChI is InChI=1S/C18H13N5O7S.Na/c24-22(25)15-7-10-17(18(11-15)23(26)27)19-12-1-3-13(4-2-12)20-21-14-5-8-16(9-6-14)31(28,29)30;/h1-11,19H,(H,28,29,30);/q;+1/p-1. The van der Waals surface area contributed by atoms with E-state index in [0.717, 1.165) is 24.3 Å². The summed E-state index contributed by atoms with van der Waals surface area (Å²) in [6.45, 7) is 0. The molecule has 14 heteroatoms. The van der Waals surface area contributed by atoms with E-state index in [1.54, 1.807) is 24.3 Å². The Morgan fingerprint density at radius 2 is 1.31 bits per heavy atom. The van der Waals surface area contributed by atoms with Gasteiger partial charge in [-0.05, 0) is 54.6 Å². The first-order chi connectivity index (χ1) is 14.6. The third-order valence-corrected chi connectivity index (χ3v) is 4.79. The van der Waals surface area contributed by atoms with Gasteiger partial charge in [-0.15, -0.1) is 0 Å². The van der Waals surface area contributed by atoms with Gasteiger partial charge in [-0.2, -0.15) is 10.2 Å². The minimum Gasteiger partial charge on any atom is -0.744 e. The number of anilines is 2. The number of nitro groups is 2. The molecule has 0 aliphatic carbocycles. The van der Waals surface area contributed by atoms with Crippen LogP contribution in [0.5, 0.6) is 0 Å². The van der Waals surface area contributed by atoms with Crippen LogP contribution >= 0.6 is 0 Å². The van der Waals surface area contributed by atoms with Crippen molar-refractivity contribution in [3.05, 3.63) is 87.0 Å². The van der Waals surface area contributed by atoms with Crippen molar-refractivity contribution in [2.24, 2.45) is 10.2 Å². The van der Waals surface area contributed by atoms with E-state index in [9.17, 15) is 33.2 Å². The maximum Gasteiger partial charge on any atom is 1.00 e. The van der Waals surface area contributed by atoms with Crippen LogP contribution in [0.1, 0.15) is 0 Å². The Balaban J connectivity index is 0.00000363. The second-order valence-corrected chi connectivity index (χ2v) is 7.42. The molecule has 158 valence electrons. The van der Waals surface area contributed by atoms with Gasteiger partial charge in [0.05, 0.1) is 32.2 Å². The Labute approximate surface area is 203 Å². The molecule has 12 nitrogen and oxygen atoms in total. The molecule has 0 aliphatic heterocycles. The van der Waals surface area contributed by atoms with Crippen molar-refractivity contribution >= 4 is 44.2 Å². The zero-order valence-corrected chi connectivity index (χ0v) is 19.2. The van der Waals surface area contributed by atoms with Crippen LogP contribution in [0.2, 0.25) is 0 Å². The molecule has 3 aromatic carbocycles. The molecule has 3 aromatic rings. The molecule has 0 heterocycles. The van der Waals surface area contributed by atoms with Gasteiger partial charge < -0.3 is 9.87 Å². The Morgan fingerprint density at radius 3 is 1.78 bits per heavy atom. The van der Waals surface area contributed by atoms with Crippen LogP contribution in [0.4, 0.5) is 34.1 Å². The number of azo groups is 1. The summed E-state index contributed by atoms with van der Waals surface area (Å²) >= 11 is 0. The first kappa shape index (κ1) is 25.0. The summed E-state index contributed by atoms with van der Waals surface area (Å²) in [5.74, 6) is 0. The van der Waals surface area contributed by atoms with Crippen molar-refractivity contribution in [1.29, 1.82) is 0 Å². The molecule has 0 fully saturated rings. The Morgan fingerprint density at radius 1 is 0.781 bits per heavy atom. The SMILES string of the molecule is O=[N+]([O-])c1ccc(Nc2ccc(N=Nc3ccc(S(=O)(=O)[O-])cc3)cc2)c([N+](=O)[O-])c1.[Na+]. The number of rotatable bonds is 7. The third kappa shape index (κ3) is 6.38. The zero-order chi connectivity index (χ0) is 22.6. The monoisotopic (exact) mass is 465 g/mol. The average molecular weight is 465 g/mol. The molecule has 0 unspecified atom stereocenters. The first-order valence-corrected chi connectivity index (χ1v) is 9.82. The Hall–Kier alpha value is -3.23. The number of benzene rings is 3. The van der Waals surface area contributed by atoms with Crippen molar-refractivity contribution in [3.63, 3.8) is 0 Å². The van der Waals surface area contributed by atoms with E-state index in [4.69, 9.17) is 0 Å². The third-order valence-electron chi connectivity index (χ3n) is 3.94. The van der Waals surface area contributed by atoms with E-state index in [-0.39, 0.29) is 40.1 Å². The Kier molecular flexibility index (Phi) is 8.13. The summed E-state index contributed by atoms with van der Waals surface area (Å²) in [6.07, 6.45) is 0. The second kappa shape index (κ2) is 10.4. The molecule has 0 saturated carbocycles. The summed E-state index contributed by atoms with van der Waals surface area (Å²) < 4.78 is 32.7. The van der Waals surface area contributed by atoms with Gasteiger partial charge in [-0.25, -0.2) is 8.42 Å². The normalized spacial score (nSPS) is 11.0.